The van der Waals surface area contributed by atoms with Crippen molar-refractivity contribution in [3.05, 3.63) is 46.3 Å². The van der Waals surface area contributed by atoms with Gasteiger partial charge in [-0.25, -0.2) is 4.98 Å². The van der Waals surface area contributed by atoms with Crippen molar-refractivity contribution in [1.29, 1.82) is 0 Å². The Kier molecular flexibility index (Phi) is 4.20. The average Bonchev–Trinajstić information content (AvgIpc) is 3.18. The molecule has 0 aliphatic carbocycles. The third-order valence-corrected chi connectivity index (χ3v) is 4.57. The molecule has 1 unspecified atom stereocenters. The van der Waals surface area contributed by atoms with Gasteiger partial charge in [0.2, 0.25) is 5.91 Å². The standard InChI is InChI=1S/C16H17N3O2S/c1-11-6-7-17-14(10-11)18-15(20)12-4-2-8-19(12)16(21)13-5-3-9-22-13/h3,5-7,9-10,12H,2,4,8H2,1H3,(H,17,18,20). The highest BCUT2D eigenvalue weighted by atomic mass is 32.1. The van der Waals surface area contributed by atoms with Gasteiger partial charge in [-0.15, -0.1) is 11.3 Å². The number of likely N-dealkylation sites (tertiary alicyclic amines) is 1. The quantitative estimate of drug-likeness (QED) is 0.947. The van der Waals surface area contributed by atoms with Gasteiger partial charge in [0.1, 0.15) is 11.9 Å². The van der Waals surface area contributed by atoms with Crippen molar-refractivity contribution in [2.75, 3.05) is 11.9 Å². The number of hydrogen-bond donors (Lipinski definition) is 1. The van der Waals surface area contributed by atoms with Crippen molar-refractivity contribution in [2.24, 2.45) is 0 Å². The van der Waals surface area contributed by atoms with E-state index in [1.54, 1.807) is 17.2 Å². The number of aryl methyl sites for hydroxylation is 1. The molecule has 2 aromatic rings. The molecule has 3 heterocycles. The number of hydrogen-bond acceptors (Lipinski definition) is 4. The van der Waals surface area contributed by atoms with Gasteiger partial charge in [-0.05, 0) is 48.9 Å². The number of carbonyl (C=O) groups excluding carboxylic acids is 2. The van der Waals surface area contributed by atoms with E-state index in [0.717, 1.165) is 12.0 Å². The maximum Gasteiger partial charge on any atom is 0.264 e. The van der Waals surface area contributed by atoms with E-state index in [1.807, 2.05) is 30.5 Å². The number of rotatable bonds is 3. The van der Waals surface area contributed by atoms with Crippen molar-refractivity contribution >= 4 is 29.0 Å². The van der Waals surface area contributed by atoms with Crippen LogP contribution in [-0.2, 0) is 4.79 Å². The Morgan fingerprint density at radius 2 is 2.27 bits per heavy atom. The number of carbonyl (C=O) groups is 2. The molecule has 1 N–H and O–H groups in total. The lowest BCUT2D eigenvalue weighted by molar-refractivity contribution is -0.119. The summed E-state index contributed by atoms with van der Waals surface area (Å²) in [5, 5.41) is 4.68. The zero-order valence-electron chi connectivity index (χ0n) is 12.3. The molecular formula is C16H17N3O2S. The number of amides is 2. The first kappa shape index (κ1) is 14.7. The van der Waals surface area contributed by atoms with Gasteiger partial charge < -0.3 is 10.2 Å². The van der Waals surface area contributed by atoms with Crippen LogP contribution in [0.2, 0.25) is 0 Å². The van der Waals surface area contributed by atoms with Crippen molar-refractivity contribution < 1.29 is 9.59 Å². The Labute approximate surface area is 133 Å². The molecule has 1 saturated heterocycles. The molecule has 6 heteroatoms. The van der Waals surface area contributed by atoms with Crippen LogP contribution in [0.1, 0.15) is 28.1 Å². The van der Waals surface area contributed by atoms with Gasteiger partial charge in [0.05, 0.1) is 4.88 Å². The van der Waals surface area contributed by atoms with E-state index in [9.17, 15) is 9.59 Å². The third-order valence-electron chi connectivity index (χ3n) is 3.71. The van der Waals surface area contributed by atoms with Gasteiger partial charge in [0.25, 0.3) is 5.91 Å². The van der Waals surface area contributed by atoms with E-state index in [4.69, 9.17) is 0 Å². The zero-order chi connectivity index (χ0) is 15.5. The molecule has 0 bridgehead atoms. The Hall–Kier alpha value is -2.21. The molecular weight excluding hydrogens is 298 g/mol. The topological polar surface area (TPSA) is 62.3 Å². The first-order valence-electron chi connectivity index (χ1n) is 7.23. The summed E-state index contributed by atoms with van der Waals surface area (Å²) in [5.74, 6) is 0.297. The summed E-state index contributed by atoms with van der Waals surface area (Å²) in [6, 6.07) is 6.91. The maximum atomic E-state index is 12.5. The van der Waals surface area contributed by atoms with Crippen molar-refractivity contribution in [3.8, 4) is 0 Å². The fourth-order valence-electron chi connectivity index (χ4n) is 2.64. The molecule has 1 aliphatic heterocycles. The van der Waals surface area contributed by atoms with Crippen LogP contribution in [0.5, 0.6) is 0 Å². The number of anilines is 1. The average molecular weight is 315 g/mol. The van der Waals surface area contributed by atoms with E-state index in [0.29, 0.717) is 23.7 Å². The van der Waals surface area contributed by atoms with Crippen LogP contribution in [-0.4, -0.2) is 34.3 Å². The molecule has 1 atom stereocenters. The van der Waals surface area contributed by atoms with Crippen LogP contribution < -0.4 is 5.32 Å². The smallest absolute Gasteiger partial charge is 0.264 e. The molecule has 2 aromatic heterocycles. The highest BCUT2D eigenvalue weighted by Gasteiger charge is 2.35. The lowest BCUT2D eigenvalue weighted by Gasteiger charge is -2.23. The van der Waals surface area contributed by atoms with Crippen LogP contribution in [0.3, 0.4) is 0 Å². The molecule has 0 radical (unpaired) electrons. The van der Waals surface area contributed by atoms with Gasteiger partial charge in [-0.1, -0.05) is 6.07 Å². The summed E-state index contributed by atoms with van der Waals surface area (Å²) in [6.45, 7) is 2.57. The van der Waals surface area contributed by atoms with Crippen LogP contribution in [0.4, 0.5) is 5.82 Å². The minimum Gasteiger partial charge on any atom is -0.326 e. The lowest BCUT2D eigenvalue weighted by atomic mass is 10.2. The Morgan fingerprint density at radius 1 is 1.41 bits per heavy atom. The molecule has 114 valence electrons. The summed E-state index contributed by atoms with van der Waals surface area (Å²) < 4.78 is 0. The highest BCUT2D eigenvalue weighted by molar-refractivity contribution is 7.12. The summed E-state index contributed by atoms with van der Waals surface area (Å²) >= 11 is 1.40. The van der Waals surface area contributed by atoms with E-state index < -0.39 is 6.04 Å². The fraction of sp³-hybridized carbons (Fsp3) is 0.312. The van der Waals surface area contributed by atoms with Crippen LogP contribution in [0, 0.1) is 6.92 Å². The number of aromatic nitrogens is 1. The number of nitrogens with one attached hydrogen (secondary N) is 1. The second-order valence-corrected chi connectivity index (χ2v) is 6.29. The van der Waals surface area contributed by atoms with E-state index in [-0.39, 0.29) is 11.8 Å². The first-order chi connectivity index (χ1) is 10.6. The third kappa shape index (κ3) is 3.01. The molecule has 3 rings (SSSR count). The van der Waals surface area contributed by atoms with Crippen molar-refractivity contribution in [3.63, 3.8) is 0 Å². The van der Waals surface area contributed by atoms with Gasteiger partial charge in [-0.3, -0.25) is 9.59 Å². The van der Waals surface area contributed by atoms with Gasteiger partial charge >= 0.3 is 0 Å². The van der Waals surface area contributed by atoms with E-state index in [2.05, 4.69) is 10.3 Å². The molecule has 5 nitrogen and oxygen atoms in total. The van der Waals surface area contributed by atoms with Crippen LogP contribution in [0.25, 0.3) is 0 Å². The van der Waals surface area contributed by atoms with Crippen molar-refractivity contribution in [1.82, 2.24) is 9.88 Å². The molecule has 22 heavy (non-hydrogen) atoms. The lowest BCUT2D eigenvalue weighted by Crippen LogP contribution is -2.43. The predicted octanol–water partition coefficient (Wildman–Crippen LogP) is 2.69. The van der Waals surface area contributed by atoms with E-state index >= 15 is 0 Å². The summed E-state index contributed by atoms with van der Waals surface area (Å²) in [5.41, 5.74) is 1.03. The Bertz CT molecular complexity index is 684. The Morgan fingerprint density at radius 3 is 3.00 bits per heavy atom. The summed E-state index contributed by atoms with van der Waals surface area (Å²) in [6.07, 6.45) is 3.19. The maximum absolute atomic E-state index is 12.5. The minimum atomic E-state index is -0.420. The minimum absolute atomic E-state index is 0.0650. The Balaban J connectivity index is 1.72. The number of thiophene rings is 1. The molecule has 0 saturated carbocycles. The van der Waals surface area contributed by atoms with Gasteiger partial charge in [0, 0.05) is 12.7 Å². The summed E-state index contributed by atoms with van der Waals surface area (Å²) in [7, 11) is 0. The van der Waals surface area contributed by atoms with E-state index in [1.165, 1.54) is 11.3 Å². The first-order valence-corrected chi connectivity index (χ1v) is 8.11. The molecule has 0 spiro atoms. The van der Waals surface area contributed by atoms with Crippen molar-refractivity contribution in [2.45, 2.75) is 25.8 Å². The molecule has 0 aromatic carbocycles. The fourth-order valence-corrected chi connectivity index (χ4v) is 3.32. The SMILES string of the molecule is Cc1ccnc(NC(=O)C2CCCN2C(=O)c2cccs2)c1. The van der Waals surface area contributed by atoms with Gasteiger partial charge in [0.15, 0.2) is 0 Å². The summed E-state index contributed by atoms with van der Waals surface area (Å²) in [4.78, 5) is 31.4. The predicted molar refractivity (Wildman–Crippen MR) is 86.0 cm³/mol. The number of pyridine rings is 1. The van der Waals surface area contributed by atoms with Crippen LogP contribution in [0.15, 0.2) is 35.8 Å². The number of nitrogens with zero attached hydrogens (tertiary/aromatic N) is 2. The molecule has 2 amide bonds. The highest BCUT2D eigenvalue weighted by Crippen LogP contribution is 2.23. The largest absolute Gasteiger partial charge is 0.326 e. The normalized spacial score (nSPS) is 17.5. The molecule has 1 fully saturated rings. The molecule has 1 aliphatic rings. The second-order valence-electron chi connectivity index (χ2n) is 5.34. The second kappa shape index (κ2) is 6.27. The zero-order valence-corrected chi connectivity index (χ0v) is 13.1. The van der Waals surface area contributed by atoms with Crippen LogP contribution >= 0.6 is 11.3 Å². The van der Waals surface area contributed by atoms with Gasteiger partial charge in [-0.2, -0.15) is 0 Å². The monoisotopic (exact) mass is 315 g/mol.